The van der Waals surface area contributed by atoms with Gasteiger partial charge in [-0.05, 0) is 47.0 Å². The lowest BCUT2D eigenvalue weighted by atomic mass is 10.1. The summed E-state index contributed by atoms with van der Waals surface area (Å²) in [6.07, 6.45) is 0.602. The molecule has 3 nitrogen and oxygen atoms in total. The second kappa shape index (κ2) is 6.12. The van der Waals surface area contributed by atoms with Crippen molar-refractivity contribution in [2.75, 3.05) is 5.32 Å². The highest BCUT2D eigenvalue weighted by Gasteiger charge is 2.19. The van der Waals surface area contributed by atoms with E-state index >= 15 is 0 Å². The molecule has 0 bridgehead atoms. The van der Waals surface area contributed by atoms with Crippen LogP contribution in [0.2, 0.25) is 0 Å². The summed E-state index contributed by atoms with van der Waals surface area (Å²) in [4.78, 5) is 12.2. The molecule has 0 aliphatic rings. The second-order valence-corrected chi connectivity index (χ2v) is 5.16. The van der Waals surface area contributed by atoms with Gasteiger partial charge in [-0.2, -0.15) is 0 Å². The zero-order valence-corrected chi connectivity index (χ0v) is 12.2. The number of carbonyl (C=O) groups excluding carboxylic acids is 1. The predicted molar refractivity (Wildman–Crippen MR) is 78.1 cm³/mol. The van der Waals surface area contributed by atoms with Gasteiger partial charge in [-0.1, -0.05) is 25.2 Å². The minimum atomic E-state index is -0.419. The van der Waals surface area contributed by atoms with E-state index in [1.54, 1.807) is 0 Å². The summed E-state index contributed by atoms with van der Waals surface area (Å²) >= 11 is 8.26. The van der Waals surface area contributed by atoms with E-state index in [0.717, 1.165) is 15.7 Å². The van der Waals surface area contributed by atoms with Crippen molar-refractivity contribution >= 4 is 44.7 Å². The Bertz CT molecular complexity index is 448. The van der Waals surface area contributed by atoms with E-state index < -0.39 is 5.92 Å². The van der Waals surface area contributed by atoms with Crippen LogP contribution in [0, 0.1) is 12.8 Å². The summed E-state index contributed by atoms with van der Waals surface area (Å²) in [5.41, 5.74) is 7.34. The van der Waals surface area contributed by atoms with Crippen LogP contribution in [-0.4, -0.2) is 10.9 Å². The third-order valence-corrected chi connectivity index (χ3v) is 3.42. The Morgan fingerprint density at radius 3 is 2.76 bits per heavy atom. The summed E-state index contributed by atoms with van der Waals surface area (Å²) in [5.74, 6) is -0.580. The smallest absolute Gasteiger partial charge is 0.234 e. The number of benzene rings is 1. The maximum atomic E-state index is 11.9. The van der Waals surface area contributed by atoms with Crippen molar-refractivity contribution in [2.45, 2.75) is 20.3 Å². The fourth-order valence-corrected chi connectivity index (χ4v) is 2.09. The number of amides is 1. The van der Waals surface area contributed by atoms with Crippen LogP contribution in [0.5, 0.6) is 0 Å². The Morgan fingerprint density at radius 2 is 2.24 bits per heavy atom. The minimum Gasteiger partial charge on any atom is -0.393 e. The van der Waals surface area contributed by atoms with Gasteiger partial charge in [0, 0.05) is 4.47 Å². The van der Waals surface area contributed by atoms with Crippen molar-refractivity contribution < 1.29 is 4.79 Å². The molecule has 0 saturated carbocycles. The maximum Gasteiger partial charge on any atom is 0.234 e. The van der Waals surface area contributed by atoms with Gasteiger partial charge in [0.2, 0.25) is 5.91 Å². The zero-order chi connectivity index (χ0) is 13.0. The van der Waals surface area contributed by atoms with Crippen LogP contribution < -0.4 is 11.1 Å². The van der Waals surface area contributed by atoms with Gasteiger partial charge in [0.15, 0.2) is 0 Å². The minimum absolute atomic E-state index is 0.161. The number of nitrogens with one attached hydrogen (secondary N) is 1. The molecule has 1 rings (SSSR count). The summed E-state index contributed by atoms with van der Waals surface area (Å²) in [6.45, 7) is 3.85. The van der Waals surface area contributed by atoms with Gasteiger partial charge >= 0.3 is 0 Å². The Hall–Kier alpha value is -0.940. The Morgan fingerprint density at radius 1 is 1.59 bits per heavy atom. The van der Waals surface area contributed by atoms with Crippen molar-refractivity contribution in [1.82, 2.24) is 0 Å². The van der Waals surface area contributed by atoms with Crippen LogP contribution in [0.15, 0.2) is 22.7 Å². The standard InChI is InChI=1S/C12H15BrN2OS/c1-3-8(11(14)17)12(16)15-10-6-7(2)4-5-9(10)13/h4-6,8H,3H2,1-2H3,(H2,14,17)(H,15,16). The normalized spacial score (nSPS) is 11.9. The number of halogens is 1. The first-order chi connectivity index (χ1) is 7.95. The molecule has 0 aliphatic heterocycles. The highest BCUT2D eigenvalue weighted by molar-refractivity contribution is 9.10. The molecule has 1 amide bonds. The molecule has 0 radical (unpaired) electrons. The van der Waals surface area contributed by atoms with E-state index in [4.69, 9.17) is 18.0 Å². The van der Waals surface area contributed by atoms with Crippen LogP contribution in [-0.2, 0) is 4.79 Å². The quantitative estimate of drug-likeness (QED) is 0.840. The van der Waals surface area contributed by atoms with Gasteiger partial charge in [-0.3, -0.25) is 4.79 Å². The van der Waals surface area contributed by atoms with E-state index in [1.165, 1.54) is 0 Å². The lowest BCUT2D eigenvalue weighted by Gasteiger charge is -2.14. The van der Waals surface area contributed by atoms with E-state index in [0.29, 0.717) is 6.42 Å². The number of anilines is 1. The Balaban J connectivity index is 2.87. The van der Waals surface area contributed by atoms with Gasteiger partial charge < -0.3 is 11.1 Å². The Kier molecular flexibility index (Phi) is 5.08. The summed E-state index contributed by atoms with van der Waals surface area (Å²) in [7, 11) is 0. The molecule has 1 aromatic carbocycles. The molecule has 0 spiro atoms. The molecule has 0 aromatic heterocycles. The molecule has 0 heterocycles. The number of rotatable bonds is 4. The molecule has 5 heteroatoms. The first-order valence-electron chi connectivity index (χ1n) is 5.32. The van der Waals surface area contributed by atoms with E-state index in [-0.39, 0.29) is 10.9 Å². The van der Waals surface area contributed by atoms with Crippen molar-refractivity contribution in [2.24, 2.45) is 11.7 Å². The van der Waals surface area contributed by atoms with Crippen LogP contribution in [0.25, 0.3) is 0 Å². The molecule has 1 aromatic rings. The first kappa shape index (κ1) is 14.1. The van der Waals surface area contributed by atoms with E-state index in [9.17, 15) is 4.79 Å². The molecule has 0 aliphatic carbocycles. The van der Waals surface area contributed by atoms with Crippen LogP contribution >= 0.6 is 28.1 Å². The van der Waals surface area contributed by atoms with E-state index in [2.05, 4.69) is 21.2 Å². The topological polar surface area (TPSA) is 55.1 Å². The van der Waals surface area contributed by atoms with Gasteiger partial charge in [0.05, 0.1) is 16.6 Å². The molecule has 0 fully saturated rings. The SMILES string of the molecule is CCC(C(=O)Nc1cc(C)ccc1Br)C(N)=S. The average Bonchev–Trinajstić information content (AvgIpc) is 2.24. The number of carbonyl (C=O) groups is 1. The summed E-state index contributed by atoms with van der Waals surface area (Å²) in [6, 6.07) is 5.76. The predicted octanol–water partition coefficient (Wildman–Crippen LogP) is 3.01. The van der Waals surface area contributed by atoms with Crippen LogP contribution in [0.1, 0.15) is 18.9 Å². The molecule has 17 heavy (non-hydrogen) atoms. The number of nitrogens with two attached hydrogens (primary N) is 1. The van der Waals surface area contributed by atoms with Gasteiger partial charge in [-0.25, -0.2) is 0 Å². The van der Waals surface area contributed by atoms with Crippen LogP contribution in [0.4, 0.5) is 5.69 Å². The first-order valence-corrected chi connectivity index (χ1v) is 6.52. The highest BCUT2D eigenvalue weighted by Crippen LogP contribution is 2.24. The summed E-state index contributed by atoms with van der Waals surface area (Å²) in [5, 5.41) is 2.83. The second-order valence-electron chi connectivity index (χ2n) is 3.84. The number of hydrogen-bond donors (Lipinski definition) is 2. The van der Waals surface area contributed by atoms with Crippen molar-refractivity contribution in [3.63, 3.8) is 0 Å². The molecular formula is C12H15BrN2OS. The molecular weight excluding hydrogens is 300 g/mol. The average molecular weight is 315 g/mol. The highest BCUT2D eigenvalue weighted by atomic mass is 79.9. The fourth-order valence-electron chi connectivity index (χ4n) is 1.47. The molecule has 3 N–H and O–H groups in total. The fraction of sp³-hybridized carbons (Fsp3) is 0.333. The van der Waals surface area contributed by atoms with Gasteiger partial charge in [0.1, 0.15) is 0 Å². The molecule has 92 valence electrons. The zero-order valence-electron chi connectivity index (χ0n) is 9.79. The lowest BCUT2D eigenvalue weighted by molar-refractivity contribution is -0.118. The monoisotopic (exact) mass is 314 g/mol. The number of hydrogen-bond acceptors (Lipinski definition) is 2. The lowest BCUT2D eigenvalue weighted by Crippen LogP contribution is -2.32. The van der Waals surface area contributed by atoms with Crippen molar-refractivity contribution in [3.8, 4) is 0 Å². The molecule has 1 atom stereocenters. The summed E-state index contributed by atoms with van der Waals surface area (Å²) < 4.78 is 0.842. The van der Waals surface area contributed by atoms with E-state index in [1.807, 2.05) is 32.0 Å². The third kappa shape index (κ3) is 3.78. The number of thiocarbonyl (C=S) groups is 1. The van der Waals surface area contributed by atoms with Crippen LogP contribution in [0.3, 0.4) is 0 Å². The third-order valence-electron chi connectivity index (χ3n) is 2.45. The Labute approximate surface area is 115 Å². The largest absolute Gasteiger partial charge is 0.393 e. The number of aryl methyl sites for hydroxylation is 1. The van der Waals surface area contributed by atoms with Gasteiger partial charge in [0.25, 0.3) is 0 Å². The molecule has 0 saturated heterocycles. The molecule has 1 unspecified atom stereocenters. The van der Waals surface area contributed by atoms with Crippen molar-refractivity contribution in [1.29, 1.82) is 0 Å². The van der Waals surface area contributed by atoms with Crippen molar-refractivity contribution in [3.05, 3.63) is 28.2 Å². The van der Waals surface area contributed by atoms with Gasteiger partial charge in [-0.15, -0.1) is 0 Å². The maximum absolute atomic E-state index is 11.9.